The van der Waals surface area contributed by atoms with Gasteiger partial charge in [0, 0.05) is 18.1 Å². The number of aromatic nitrogens is 1. The maximum Gasteiger partial charge on any atom is 0.245 e. The molecule has 1 saturated heterocycles. The summed E-state index contributed by atoms with van der Waals surface area (Å²) in [6.07, 6.45) is 0.126. The quantitative estimate of drug-likeness (QED) is 0.701. The fourth-order valence-corrected chi connectivity index (χ4v) is 6.77. The summed E-state index contributed by atoms with van der Waals surface area (Å²) in [5.41, 5.74) is 0.253. The fourth-order valence-electron chi connectivity index (χ4n) is 3.06. The molecule has 0 amide bonds. The van der Waals surface area contributed by atoms with Crippen molar-refractivity contribution < 1.29 is 27.0 Å². The fraction of sp³-hybridized carbons (Fsp3) is 0.400. The van der Waals surface area contributed by atoms with Crippen LogP contribution in [0.15, 0.2) is 41.4 Å². The zero-order valence-corrected chi connectivity index (χ0v) is 14.8. The van der Waals surface area contributed by atoms with Crippen LogP contribution >= 0.6 is 0 Å². The van der Waals surface area contributed by atoms with E-state index in [0.29, 0.717) is 5.39 Å². The summed E-state index contributed by atoms with van der Waals surface area (Å²) in [5.74, 6) is -0.978. The summed E-state index contributed by atoms with van der Waals surface area (Å²) >= 11 is 0. The summed E-state index contributed by atoms with van der Waals surface area (Å²) in [6, 6.07) is 6.92. The first-order chi connectivity index (χ1) is 11.8. The Morgan fingerprint density at radius 1 is 1.20 bits per heavy atom. The Kier molecular flexibility index (Phi) is 4.82. The van der Waals surface area contributed by atoms with E-state index in [0.717, 1.165) is 4.31 Å². The van der Waals surface area contributed by atoms with Crippen molar-refractivity contribution in [1.82, 2.24) is 9.29 Å². The summed E-state index contributed by atoms with van der Waals surface area (Å²) in [4.78, 5) is 4.03. The van der Waals surface area contributed by atoms with Crippen LogP contribution in [0, 0.1) is 0 Å². The molecule has 3 rings (SSSR count). The van der Waals surface area contributed by atoms with Crippen molar-refractivity contribution in [3.63, 3.8) is 0 Å². The van der Waals surface area contributed by atoms with E-state index >= 15 is 0 Å². The highest BCUT2D eigenvalue weighted by Gasteiger charge is 2.44. The number of sulfonamides is 1. The van der Waals surface area contributed by atoms with Gasteiger partial charge in [-0.05, 0) is 12.1 Å². The number of nitrogens with zero attached hydrogens (tertiary/aromatic N) is 2. The third-order valence-corrected chi connectivity index (χ3v) is 7.82. The van der Waals surface area contributed by atoms with Gasteiger partial charge in [-0.1, -0.05) is 18.2 Å². The van der Waals surface area contributed by atoms with E-state index in [9.17, 15) is 27.0 Å². The number of sulfone groups is 1. The summed E-state index contributed by atoms with van der Waals surface area (Å²) in [7, 11) is -7.72. The Balaban J connectivity index is 2.12. The minimum Gasteiger partial charge on any atom is -0.395 e. The molecule has 136 valence electrons. The van der Waals surface area contributed by atoms with Crippen LogP contribution in [0.2, 0.25) is 0 Å². The van der Waals surface area contributed by atoms with Gasteiger partial charge in [0.25, 0.3) is 0 Å². The van der Waals surface area contributed by atoms with Gasteiger partial charge in [0.1, 0.15) is 4.90 Å². The summed E-state index contributed by atoms with van der Waals surface area (Å²) < 4.78 is 50.7. The van der Waals surface area contributed by atoms with E-state index in [2.05, 4.69) is 4.98 Å². The standard InChI is InChI=1S/C15H18N2O6S2/c18-8-7-17(12-9-24(20,21)10-13(12)19)25(22,23)14-5-1-3-11-4-2-6-16-15(11)14/h1-6,12-13,18-19H,7-10H2/t12-,13-/m0/s1. The van der Waals surface area contributed by atoms with Crippen LogP contribution in [0.1, 0.15) is 0 Å². The van der Waals surface area contributed by atoms with Gasteiger partial charge in [-0.3, -0.25) is 4.98 Å². The van der Waals surface area contributed by atoms with Crippen molar-refractivity contribution in [2.24, 2.45) is 0 Å². The molecule has 2 atom stereocenters. The number of pyridine rings is 1. The molecule has 8 nitrogen and oxygen atoms in total. The third-order valence-electron chi connectivity index (χ3n) is 4.17. The van der Waals surface area contributed by atoms with Crippen LogP contribution in [0.25, 0.3) is 10.9 Å². The second kappa shape index (κ2) is 6.61. The zero-order chi connectivity index (χ0) is 18.2. The smallest absolute Gasteiger partial charge is 0.245 e. The molecule has 1 fully saturated rings. The molecular formula is C15H18N2O6S2. The lowest BCUT2D eigenvalue weighted by molar-refractivity contribution is 0.117. The van der Waals surface area contributed by atoms with Gasteiger partial charge in [0.15, 0.2) is 9.84 Å². The highest BCUT2D eigenvalue weighted by Crippen LogP contribution is 2.28. The second-order valence-corrected chi connectivity index (χ2v) is 9.90. The number of aliphatic hydroxyl groups excluding tert-OH is 2. The Bertz CT molecular complexity index is 985. The maximum absolute atomic E-state index is 13.1. The van der Waals surface area contributed by atoms with Gasteiger partial charge in [0.05, 0.1) is 35.8 Å². The molecule has 0 radical (unpaired) electrons. The molecule has 1 aliphatic rings. The monoisotopic (exact) mass is 386 g/mol. The molecule has 10 heteroatoms. The molecule has 2 aromatic rings. The third kappa shape index (κ3) is 3.40. The SMILES string of the molecule is O=S1(=O)C[C@H](O)[C@@H](N(CCO)S(=O)(=O)c2cccc3cccnc23)C1. The molecule has 0 bridgehead atoms. The van der Waals surface area contributed by atoms with E-state index in [1.165, 1.54) is 12.3 Å². The molecule has 1 aliphatic heterocycles. The maximum atomic E-state index is 13.1. The van der Waals surface area contributed by atoms with Gasteiger partial charge >= 0.3 is 0 Å². The van der Waals surface area contributed by atoms with Crippen molar-refractivity contribution in [3.8, 4) is 0 Å². The minimum absolute atomic E-state index is 0.0875. The number of hydrogen-bond donors (Lipinski definition) is 2. The highest BCUT2D eigenvalue weighted by atomic mass is 32.2. The number of aliphatic hydroxyl groups is 2. The topological polar surface area (TPSA) is 125 Å². The van der Waals surface area contributed by atoms with E-state index < -0.39 is 50.1 Å². The van der Waals surface area contributed by atoms with Gasteiger partial charge in [0.2, 0.25) is 10.0 Å². The second-order valence-electron chi connectivity index (χ2n) is 5.88. The number of benzene rings is 1. The van der Waals surface area contributed by atoms with E-state index in [1.807, 2.05) is 0 Å². The largest absolute Gasteiger partial charge is 0.395 e. The van der Waals surface area contributed by atoms with Crippen LogP contribution in [0.5, 0.6) is 0 Å². The van der Waals surface area contributed by atoms with Gasteiger partial charge in [-0.15, -0.1) is 0 Å². The van der Waals surface area contributed by atoms with Gasteiger partial charge < -0.3 is 10.2 Å². The lowest BCUT2D eigenvalue weighted by Gasteiger charge is -2.29. The van der Waals surface area contributed by atoms with Crippen molar-refractivity contribution in [2.45, 2.75) is 17.0 Å². The minimum atomic E-state index is -4.17. The van der Waals surface area contributed by atoms with Crippen LogP contribution in [0.3, 0.4) is 0 Å². The van der Waals surface area contributed by atoms with Gasteiger partial charge in [-0.25, -0.2) is 16.8 Å². The number of rotatable bonds is 5. The molecule has 0 unspecified atom stereocenters. The predicted octanol–water partition coefficient (Wildman–Crippen LogP) is -0.624. The normalized spacial score (nSPS) is 23.3. The first-order valence-corrected chi connectivity index (χ1v) is 10.9. The molecule has 25 heavy (non-hydrogen) atoms. The van der Waals surface area contributed by atoms with Crippen LogP contribution < -0.4 is 0 Å². The Hall–Kier alpha value is -1.59. The predicted molar refractivity (Wildman–Crippen MR) is 91.2 cm³/mol. The highest BCUT2D eigenvalue weighted by molar-refractivity contribution is 7.92. The molecule has 2 N–H and O–H groups in total. The first kappa shape index (κ1) is 18.2. The molecular weight excluding hydrogens is 368 g/mol. The number of hydrogen-bond acceptors (Lipinski definition) is 7. The van der Waals surface area contributed by atoms with Crippen molar-refractivity contribution >= 4 is 30.8 Å². The zero-order valence-electron chi connectivity index (χ0n) is 13.2. The van der Waals surface area contributed by atoms with Gasteiger partial charge in [-0.2, -0.15) is 4.31 Å². The Labute approximate surface area is 145 Å². The molecule has 1 aromatic carbocycles. The average Bonchev–Trinajstić information content (AvgIpc) is 2.84. The first-order valence-electron chi connectivity index (χ1n) is 7.61. The van der Waals surface area contributed by atoms with Crippen molar-refractivity contribution in [2.75, 3.05) is 24.7 Å². The Morgan fingerprint density at radius 3 is 2.56 bits per heavy atom. The number of para-hydroxylation sites is 1. The van der Waals surface area contributed by atoms with Crippen LogP contribution in [0.4, 0.5) is 0 Å². The molecule has 1 aromatic heterocycles. The van der Waals surface area contributed by atoms with E-state index in [1.54, 1.807) is 24.3 Å². The average molecular weight is 386 g/mol. The summed E-state index contributed by atoms with van der Waals surface area (Å²) in [6.45, 7) is -0.816. The van der Waals surface area contributed by atoms with Crippen molar-refractivity contribution in [3.05, 3.63) is 36.5 Å². The Morgan fingerprint density at radius 2 is 1.92 bits per heavy atom. The molecule has 2 heterocycles. The summed E-state index contributed by atoms with van der Waals surface area (Å²) in [5, 5.41) is 20.0. The molecule has 0 saturated carbocycles. The molecule has 0 aliphatic carbocycles. The number of fused-ring (bicyclic) bond motifs is 1. The lowest BCUT2D eigenvalue weighted by atomic mass is 10.2. The molecule has 0 spiro atoms. The lowest BCUT2D eigenvalue weighted by Crippen LogP contribution is -2.47. The van der Waals surface area contributed by atoms with Crippen LogP contribution in [-0.2, 0) is 19.9 Å². The van der Waals surface area contributed by atoms with Crippen LogP contribution in [-0.4, -0.2) is 73.1 Å². The van der Waals surface area contributed by atoms with E-state index in [-0.39, 0.29) is 17.0 Å². The van der Waals surface area contributed by atoms with E-state index in [4.69, 9.17) is 0 Å². The van der Waals surface area contributed by atoms with Crippen molar-refractivity contribution in [1.29, 1.82) is 0 Å².